The summed E-state index contributed by atoms with van der Waals surface area (Å²) in [6.45, 7) is 32.8. The highest BCUT2D eigenvalue weighted by Gasteiger charge is 2.34. The van der Waals surface area contributed by atoms with E-state index in [1.165, 1.54) is 94.2 Å². The molecule has 1 heterocycles. The second-order valence-electron chi connectivity index (χ2n) is 16.3. The van der Waals surface area contributed by atoms with Gasteiger partial charge in [-0.25, -0.2) is 0 Å². The van der Waals surface area contributed by atoms with E-state index in [9.17, 15) is 0 Å². The van der Waals surface area contributed by atoms with Gasteiger partial charge in [-0.15, -0.1) is 0 Å². The molecule has 49 heavy (non-hydrogen) atoms. The Morgan fingerprint density at radius 3 is 2.12 bits per heavy atom. The number of rotatable bonds is 6. The van der Waals surface area contributed by atoms with Crippen molar-refractivity contribution < 1.29 is 0 Å². The average Bonchev–Trinajstić information content (AvgIpc) is 3.50. The third-order valence-corrected chi connectivity index (χ3v) is 10.1. The summed E-state index contributed by atoms with van der Waals surface area (Å²) in [6.07, 6.45) is 20.0. The smallest absolute Gasteiger partial charge is 0.0526 e. The van der Waals surface area contributed by atoms with Crippen LogP contribution in [0.15, 0.2) is 107 Å². The van der Waals surface area contributed by atoms with Crippen LogP contribution in [0.5, 0.6) is 0 Å². The molecule has 1 heteroatoms. The molecule has 0 N–H and O–H groups in total. The van der Waals surface area contributed by atoms with Crippen LogP contribution in [0.2, 0.25) is 0 Å². The predicted octanol–water partition coefficient (Wildman–Crippen LogP) is 13.7. The highest BCUT2D eigenvalue weighted by Crippen LogP contribution is 2.47. The van der Waals surface area contributed by atoms with Crippen LogP contribution >= 0.6 is 0 Å². The summed E-state index contributed by atoms with van der Waals surface area (Å²) in [7, 11) is 0. The number of allylic oxidation sites excluding steroid dienone is 10. The van der Waals surface area contributed by atoms with Gasteiger partial charge in [0.05, 0.1) is 5.70 Å². The molecular formula is C48H63N. The summed E-state index contributed by atoms with van der Waals surface area (Å²) in [6, 6.07) is 11.3. The van der Waals surface area contributed by atoms with Gasteiger partial charge in [0.1, 0.15) is 0 Å². The lowest BCUT2D eigenvalue weighted by atomic mass is 9.74. The number of fused-ring (bicyclic) bond motifs is 2. The van der Waals surface area contributed by atoms with Crippen molar-refractivity contribution in [1.29, 1.82) is 0 Å². The highest BCUT2D eigenvalue weighted by molar-refractivity contribution is 6.09. The zero-order valence-electron chi connectivity index (χ0n) is 32.7. The number of benzene rings is 2. The van der Waals surface area contributed by atoms with Crippen molar-refractivity contribution in [2.24, 2.45) is 22.2 Å². The molecule has 2 atom stereocenters. The first-order valence-electron chi connectivity index (χ1n) is 18.7. The fraction of sp³-hybridized carbons (Fsp3) is 0.438. The standard InChI is InChI=1S/C29H35N.C14H16.C5H12/c1-16(2)19(6)28-21(8)30-27-15-22(17(3)4)14-26(27)29(28)25-13-18(5)23-11-9-10-12-24(23)20(25)7;1-2-12-8-10-14(11-9-12)13-6-4-3-5-7-13;1-5(2,3)4/h13-15,19,26H,1,3,9-12H2,2,4-8H3;4,6-11H,2-3,5H2,1H3;1-4H3. The molecule has 6 rings (SSSR count). The van der Waals surface area contributed by atoms with Gasteiger partial charge in [-0.1, -0.05) is 120 Å². The number of nitrogens with zero attached hydrogens (tertiary/aromatic N) is 1. The van der Waals surface area contributed by atoms with Gasteiger partial charge in [0.15, 0.2) is 0 Å². The SMILES string of the molecule is C=C(C)C1=CC2C(=C1)N=C(C)C(C(C)C(=C)C)=C2c1cc(C)c2c(c1C)CCCC2.CC(C)(C)C.CCc1ccc(C2=CCCC=C2)cc1. The lowest BCUT2D eigenvalue weighted by Gasteiger charge is -2.32. The molecule has 2 unspecified atom stereocenters. The fourth-order valence-corrected chi connectivity index (χ4v) is 7.25. The minimum absolute atomic E-state index is 0.206. The normalized spacial score (nSPS) is 18.7. The van der Waals surface area contributed by atoms with Gasteiger partial charge >= 0.3 is 0 Å². The van der Waals surface area contributed by atoms with Gasteiger partial charge in [0.25, 0.3) is 0 Å². The van der Waals surface area contributed by atoms with Gasteiger partial charge in [-0.3, -0.25) is 4.99 Å². The summed E-state index contributed by atoms with van der Waals surface area (Å²) in [4.78, 5) is 5.06. The fourth-order valence-electron chi connectivity index (χ4n) is 7.25. The lowest BCUT2D eigenvalue weighted by Crippen LogP contribution is -2.21. The molecule has 260 valence electrons. The molecule has 1 nitrogen and oxygen atoms in total. The van der Waals surface area contributed by atoms with E-state index in [0.717, 1.165) is 23.4 Å². The van der Waals surface area contributed by atoms with Gasteiger partial charge in [0, 0.05) is 17.5 Å². The summed E-state index contributed by atoms with van der Waals surface area (Å²) in [5, 5.41) is 0. The van der Waals surface area contributed by atoms with Crippen molar-refractivity contribution in [2.75, 3.05) is 0 Å². The maximum Gasteiger partial charge on any atom is 0.0526 e. The molecule has 0 spiro atoms. The number of hydrogen-bond acceptors (Lipinski definition) is 1. The largest absolute Gasteiger partial charge is 0.257 e. The van der Waals surface area contributed by atoms with E-state index < -0.39 is 0 Å². The molecule has 0 amide bonds. The predicted molar refractivity (Wildman–Crippen MR) is 218 cm³/mol. The molecule has 4 aliphatic rings. The summed E-state index contributed by atoms with van der Waals surface area (Å²) < 4.78 is 0. The maximum absolute atomic E-state index is 5.06. The van der Waals surface area contributed by atoms with Crippen LogP contribution in [0, 0.1) is 31.1 Å². The lowest BCUT2D eigenvalue weighted by molar-refractivity contribution is 0.469. The Morgan fingerprint density at radius 1 is 0.939 bits per heavy atom. The Bertz CT molecular complexity index is 1740. The molecule has 0 saturated carbocycles. The first-order chi connectivity index (χ1) is 23.1. The molecule has 3 aliphatic carbocycles. The zero-order chi connectivity index (χ0) is 36.0. The number of aliphatic imine (C=N–C) groups is 1. The van der Waals surface area contributed by atoms with Crippen LogP contribution in [0.25, 0.3) is 11.1 Å². The molecule has 2 aromatic carbocycles. The minimum Gasteiger partial charge on any atom is -0.257 e. The van der Waals surface area contributed by atoms with E-state index in [2.05, 4.69) is 150 Å². The van der Waals surface area contributed by atoms with Crippen molar-refractivity contribution in [3.05, 3.63) is 141 Å². The number of dihydropyridines is 1. The summed E-state index contributed by atoms with van der Waals surface area (Å²) in [5.41, 5.74) is 20.8. The van der Waals surface area contributed by atoms with Crippen LogP contribution < -0.4 is 0 Å². The molecule has 2 aromatic rings. The van der Waals surface area contributed by atoms with Gasteiger partial charge in [-0.05, 0) is 152 Å². The van der Waals surface area contributed by atoms with Crippen molar-refractivity contribution in [3.8, 4) is 0 Å². The van der Waals surface area contributed by atoms with Crippen molar-refractivity contribution in [2.45, 2.75) is 121 Å². The van der Waals surface area contributed by atoms with Crippen LogP contribution in [0.1, 0.15) is 127 Å². The summed E-state index contributed by atoms with van der Waals surface area (Å²) >= 11 is 0. The Balaban J connectivity index is 0.000000235. The topological polar surface area (TPSA) is 12.4 Å². The second kappa shape index (κ2) is 16.3. The van der Waals surface area contributed by atoms with E-state index >= 15 is 0 Å². The zero-order valence-corrected chi connectivity index (χ0v) is 32.7. The molecular weight excluding hydrogens is 591 g/mol. The van der Waals surface area contributed by atoms with E-state index in [0.29, 0.717) is 5.41 Å². The Morgan fingerprint density at radius 2 is 1.57 bits per heavy atom. The van der Waals surface area contributed by atoms with Gasteiger partial charge in [-0.2, -0.15) is 0 Å². The highest BCUT2D eigenvalue weighted by atomic mass is 14.8. The van der Waals surface area contributed by atoms with E-state index in [4.69, 9.17) is 4.99 Å². The second-order valence-corrected chi connectivity index (χ2v) is 16.3. The van der Waals surface area contributed by atoms with Crippen molar-refractivity contribution >= 4 is 16.9 Å². The first kappa shape index (κ1) is 38.1. The van der Waals surface area contributed by atoms with Crippen molar-refractivity contribution in [1.82, 2.24) is 0 Å². The van der Waals surface area contributed by atoms with E-state index in [-0.39, 0.29) is 11.8 Å². The Hall–Kier alpha value is -3.71. The van der Waals surface area contributed by atoms with Crippen LogP contribution in [-0.4, -0.2) is 5.71 Å². The Labute approximate surface area is 300 Å². The molecule has 0 aromatic heterocycles. The quantitative estimate of drug-likeness (QED) is 0.275. The van der Waals surface area contributed by atoms with E-state index in [1.54, 1.807) is 11.1 Å². The van der Waals surface area contributed by atoms with Gasteiger partial charge < -0.3 is 0 Å². The van der Waals surface area contributed by atoms with Crippen LogP contribution in [-0.2, 0) is 19.3 Å². The van der Waals surface area contributed by atoms with Crippen LogP contribution in [0.3, 0.4) is 0 Å². The minimum atomic E-state index is 0.206. The molecule has 0 saturated heterocycles. The monoisotopic (exact) mass is 653 g/mol. The van der Waals surface area contributed by atoms with Crippen molar-refractivity contribution in [3.63, 3.8) is 0 Å². The third-order valence-electron chi connectivity index (χ3n) is 10.1. The molecule has 0 bridgehead atoms. The van der Waals surface area contributed by atoms with Gasteiger partial charge in [0.2, 0.25) is 0 Å². The first-order valence-corrected chi connectivity index (χ1v) is 18.7. The van der Waals surface area contributed by atoms with Crippen LogP contribution in [0.4, 0.5) is 0 Å². The third kappa shape index (κ3) is 9.50. The average molecular weight is 654 g/mol. The molecule has 0 radical (unpaired) electrons. The molecule has 1 aliphatic heterocycles. The maximum atomic E-state index is 5.06. The number of aryl methyl sites for hydroxylation is 2. The molecule has 0 fully saturated rings. The van der Waals surface area contributed by atoms with E-state index in [1.807, 2.05) is 0 Å². The number of hydrogen-bond donors (Lipinski definition) is 0. The summed E-state index contributed by atoms with van der Waals surface area (Å²) in [5.74, 6) is 0.486. The Kier molecular flexibility index (Phi) is 12.7.